The van der Waals surface area contributed by atoms with E-state index in [4.69, 9.17) is 23.2 Å². The van der Waals surface area contributed by atoms with Crippen LogP contribution in [-0.4, -0.2) is 50.0 Å². The number of sulfonamides is 1. The van der Waals surface area contributed by atoms with E-state index in [1.807, 2.05) is 27.0 Å². The Morgan fingerprint density at radius 2 is 1.59 bits per heavy atom. The van der Waals surface area contributed by atoms with Crippen LogP contribution in [0.4, 0.5) is 5.69 Å². The number of hydrogen-bond acceptors (Lipinski definition) is 5. The van der Waals surface area contributed by atoms with Crippen LogP contribution in [0.5, 0.6) is 0 Å². The summed E-state index contributed by atoms with van der Waals surface area (Å²) in [4.78, 5) is 29.5. The van der Waals surface area contributed by atoms with Crippen molar-refractivity contribution in [1.29, 1.82) is 0 Å². The van der Waals surface area contributed by atoms with E-state index in [1.165, 1.54) is 28.8 Å². The van der Waals surface area contributed by atoms with Gasteiger partial charge in [0.2, 0.25) is 11.8 Å². The lowest BCUT2D eigenvalue weighted by atomic mass is 10.1. The van der Waals surface area contributed by atoms with Crippen molar-refractivity contribution >= 4 is 62.5 Å². The molecular formula is C30H35Cl2N3O4S2. The van der Waals surface area contributed by atoms with Crippen molar-refractivity contribution in [1.82, 2.24) is 10.2 Å². The summed E-state index contributed by atoms with van der Waals surface area (Å²) in [5, 5.41) is 3.59. The summed E-state index contributed by atoms with van der Waals surface area (Å²) in [7, 11) is -4.14. The number of carbonyl (C=O) groups excluding carboxylic acids is 2. The number of amides is 2. The summed E-state index contributed by atoms with van der Waals surface area (Å²) in [6.07, 6.45) is 2.62. The number of rotatable bonds is 12. The zero-order chi connectivity index (χ0) is 30.3. The highest BCUT2D eigenvalue weighted by molar-refractivity contribution is 7.98. The summed E-state index contributed by atoms with van der Waals surface area (Å²) in [5.41, 5.74) is 1.93. The first kappa shape index (κ1) is 32.8. The molecule has 2 amide bonds. The van der Waals surface area contributed by atoms with Gasteiger partial charge in [-0.3, -0.25) is 13.9 Å². The molecule has 3 aromatic carbocycles. The maximum atomic E-state index is 14.0. The maximum absolute atomic E-state index is 14.0. The molecule has 0 bridgehead atoms. The molecule has 0 aromatic heterocycles. The number of nitrogens with zero attached hydrogens (tertiary/aromatic N) is 2. The van der Waals surface area contributed by atoms with E-state index < -0.39 is 28.5 Å². The summed E-state index contributed by atoms with van der Waals surface area (Å²) in [5.74, 6) is -0.891. The number of hydrogen-bond donors (Lipinski definition) is 1. The minimum Gasteiger partial charge on any atom is -0.352 e. The number of aryl methyl sites for hydroxylation is 1. The van der Waals surface area contributed by atoms with Crippen molar-refractivity contribution in [3.8, 4) is 0 Å². The van der Waals surface area contributed by atoms with Crippen LogP contribution < -0.4 is 9.62 Å². The van der Waals surface area contributed by atoms with Gasteiger partial charge in [0.05, 0.1) is 20.6 Å². The highest BCUT2D eigenvalue weighted by Crippen LogP contribution is 2.27. The van der Waals surface area contributed by atoms with Gasteiger partial charge in [0, 0.05) is 17.5 Å². The van der Waals surface area contributed by atoms with E-state index in [0.29, 0.717) is 27.7 Å². The fraction of sp³-hybridized carbons (Fsp3) is 0.333. The first-order chi connectivity index (χ1) is 19.4. The number of benzene rings is 3. The Morgan fingerprint density at radius 3 is 2.15 bits per heavy atom. The normalized spacial score (nSPS) is 12.9. The monoisotopic (exact) mass is 635 g/mol. The Morgan fingerprint density at radius 1 is 0.951 bits per heavy atom. The average molecular weight is 637 g/mol. The van der Waals surface area contributed by atoms with Gasteiger partial charge in [-0.2, -0.15) is 0 Å². The molecule has 3 aromatic rings. The second-order valence-electron chi connectivity index (χ2n) is 9.79. The predicted molar refractivity (Wildman–Crippen MR) is 168 cm³/mol. The summed E-state index contributed by atoms with van der Waals surface area (Å²) in [6, 6.07) is 17.4. The number of thioether (sulfide) groups is 1. The van der Waals surface area contributed by atoms with Crippen LogP contribution in [0.3, 0.4) is 0 Å². The molecule has 2 atom stereocenters. The summed E-state index contributed by atoms with van der Waals surface area (Å²) < 4.78 is 29.0. The molecular weight excluding hydrogens is 601 g/mol. The molecule has 0 spiro atoms. The Balaban J connectivity index is 2.03. The maximum Gasteiger partial charge on any atom is 0.264 e. The Kier molecular flexibility index (Phi) is 11.6. The lowest BCUT2D eigenvalue weighted by Crippen LogP contribution is -2.52. The molecule has 41 heavy (non-hydrogen) atoms. The number of anilines is 1. The zero-order valence-corrected chi connectivity index (χ0v) is 26.9. The largest absolute Gasteiger partial charge is 0.352 e. The minimum atomic E-state index is -4.14. The van der Waals surface area contributed by atoms with Crippen molar-refractivity contribution < 1.29 is 18.0 Å². The molecule has 0 aliphatic heterocycles. The van der Waals surface area contributed by atoms with Crippen molar-refractivity contribution in [2.75, 3.05) is 17.1 Å². The van der Waals surface area contributed by atoms with Gasteiger partial charge in [0.1, 0.15) is 12.6 Å². The Bertz CT molecular complexity index is 1470. The van der Waals surface area contributed by atoms with Gasteiger partial charge in [-0.1, -0.05) is 53.9 Å². The van der Waals surface area contributed by atoms with Crippen LogP contribution in [0.2, 0.25) is 10.0 Å². The van der Waals surface area contributed by atoms with Gasteiger partial charge in [-0.15, -0.1) is 11.8 Å². The Hall–Kier alpha value is -2.72. The third-order valence-corrected chi connectivity index (χ3v) is 10.0. The van der Waals surface area contributed by atoms with Crippen molar-refractivity contribution in [3.05, 3.63) is 87.9 Å². The van der Waals surface area contributed by atoms with Crippen molar-refractivity contribution in [3.63, 3.8) is 0 Å². The second-order valence-corrected chi connectivity index (χ2v) is 13.3. The molecule has 0 aliphatic carbocycles. The third kappa shape index (κ3) is 8.41. The first-order valence-electron chi connectivity index (χ1n) is 13.1. The molecule has 0 unspecified atom stereocenters. The standard InChI is InChI=1S/C30H35Cl2N3O4S2/c1-6-21(3)33-30(37)22(4)34(18-23-9-16-27(31)28(32)17-23)29(36)19-35(24-10-7-20(2)8-11-24)41(38,39)26-14-12-25(40-5)13-15-26/h7-17,21-22H,6,18-19H2,1-5H3,(H,33,37)/t21-,22+/m0/s1. The van der Waals surface area contributed by atoms with Crippen LogP contribution in [0, 0.1) is 6.92 Å². The second kappa shape index (κ2) is 14.4. The molecule has 0 saturated carbocycles. The molecule has 7 nitrogen and oxygen atoms in total. The summed E-state index contributed by atoms with van der Waals surface area (Å²) >= 11 is 13.8. The third-order valence-electron chi connectivity index (χ3n) is 6.75. The SMILES string of the molecule is CC[C@H](C)NC(=O)[C@@H](C)N(Cc1ccc(Cl)c(Cl)c1)C(=O)CN(c1ccc(C)cc1)S(=O)(=O)c1ccc(SC)cc1. The fourth-order valence-corrected chi connectivity index (χ4v) is 6.14. The molecule has 0 radical (unpaired) electrons. The molecule has 0 fully saturated rings. The lowest BCUT2D eigenvalue weighted by Gasteiger charge is -2.32. The number of carbonyl (C=O) groups is 2. The first-order valence-corrected chi connectivity index (χ1v) is 16.6. The van der Waals surface area contributed by atoms with E-state index in [2.05, 4.69) is 5.32 Å². The zero-order valence-electron chi connectivity index (χ0n) is 23.7. The van der Waals surface area contributed by atoms with Gasteiger partial charge in [-0.05, 0) is 87.5 Å². The number of nitrogens with one attached hydrogen (secondary N) is 1. The van der Waals surface area contributed by atoms with Crippen LogP contribution in [0.1, 0.15) is 38.3 Å². The highest BCUT2D eigenvalue weighted by atomic mass is 35.5. The van der Waals surface area contributed by atoms with Gasteiger partial charge in [-0.25, -0.2) is 8.42 Å². The van der Waals surface area contributed by atoms with E-state index in [0.717, 1.165) is 14.8 Å². The fourth-order valence-electron chi connectivity index (χ4n) is 4.00. The Labute approximate surface area is 257 Å². The van der Waals surface area contributed by atoms with Crippen molar-refractivity contribution in [2.24, 2.45) is 0 Å². The lowest BCUT2D eigenvalue weighted by molar-refractivity contribution is -0.139. The quantitative estimate of drug-likeness (QED) is 0.228. The molecule has 0 aliphatic rings. The molecule has 11 heteroatoms. The van der Waals surface area contributed by atoms with E-state index in [-0.39, 0.29) is 23.4 Å². The topological polar surface area (TPSA) is 86.8 Å². The van der Waals surface area contributed by atoms with Crippen LogP contribution >= 0.6 is 35.0 Å². The van der Waals surface area contributed by atoms with Gasteiger partial charge in [0.15, 0.2) is 0 Å². The van der Waals surface area contributed by atoms with E-state index in [1.54, 1.807) is 61.5 Å². The summed E-state index contributed by atoms with van der Waals surface area (Å²) in [6.45, 7) is 6.85. The smallest absolute Gasteiger partial charge is 0.264 e. The van der Waals surface area contributed by atoms with Gasteiger partial charge >= 0.3 is 0 Å². The minimum absolute atomic E-state index is 0.0228. The van der Waals surface area contributed by atoms with Crippen LogP contribution in [0.15, 0.2) is 76.5 Å². The van der Waals surface area contributed by atoms with Gasteiger partial charge < -0.3 is 10.2 Å². The average Bonchev–Trinajstić information content (AvgIpc) is 2.96. The molecule has 0 heterocycles. The predicted octanol–water partition coefficient (Wildman–Crippen LogP) is 6.55. The van der Waals surface area contributed by atoms with E-state index >= 15 is 0 Å². The van der Waals surface area contributed by atoms with Gasteiger partial charge in [0.25, 0.3) is 10.0 Å². The molecule has 220 valence electrons. The highest BCUT2D eigenvalue weighted by Gasteiger charge is 2.33. The molecule has 3 rings (SSSR count). The van der Waals surface area contributed by atoms with Crippen molar-refractivity contribution in [2.45, 2.75) is 62.5 Å². The number of halogens is 2. The molecule has 1 N–H and O–H groups in total. The van der Waals surface area contributed by atoms with E-state index in [9.17, 15) is 18.0 Å². The van der Waals surface area contributed by atoms with Crippen LogP contribution in [-0.2, 0) is 26.2 Å². The molecule has 0 saturated heterocycles. The van der Waals surface area contributed by atoms with Crippen LogP contribution in [0.25, 0.3) is 0 Å².